The van der Waals surface area contributed by atoms with Crippen molar-refractivity contribution in [1.82, 2.24) is 4.98 Å². The number of carbonyl (C=O) groups excluding carboxylic acids is 2. The Hall–Kier alpha value is -3.90. The fraction of sp³-hybridized carbons (Fsp3) is 0.0800. The van der Waals surface area contributed by atoms with Gasteiger partial charge in [-0.3, -0.25) is 19.5 Å². The average molecular weight is 445 g/mol. The van der Waals surface area contributed by atoms with E-state index >= 15 is 0 Å². The highest BCUT2D eigenvalue weighted by Gasteiger charge is 2.45. The molecule has 0 saturated carbocycles. The quantitative estimate of drug-likeness (QED) is 0.416. The lowest BCUT2D eigenvalue weighted by Crippen LogP contribution is -2.31. The lowest BCUT2D eigenvalue weighted by molar-refractivity contribution is -0.117. The number of ketones is 1. The zero-order chi connectivity index (χ0) is 22.4. The molecule has 5 rings (SSSR count). The topological polar surface area (TPSA) is 83.6 Å². The summed E-state index contributed by atoms with van der Waals surface area (Å²) in [7, 11) is 0. The average Bonchev–Trinajstić information content (AvgIpc) is 3.34. The van der Waals surface area contributed by atoms with E-state index in [2.05, 4.69) is 4.98 Å². The van der Waals surface area contributed by atoms with Gasteiger partial charge in [-0.05, 0) is 60.5 Å². The molecule has 0 fully saturated rings. The minimum Gasteiger partial charge on any atom is -0.503 e. The first-order valence-electron chi connectivity index (χ1n) is 9.91. The van der Waals surface area contributed by atoms with Gasteiger partial charge in [0.1, 0.15) is 5.58 Å². The summed E-state index contributed by atoms with van der Waals surface area (Å²) in [6.45, 7) is 1.81. The molecule has 2 aromatic heterocycles. The van der Waals surface area contributed by atoms with Gasteiger partial charge < -0.3 is 9.52 Å². The number of anilines is 1. The van der Waals surface area contributed by atoms with Crippen LogP contribution >= 0.6 is 11.6 Å². The zero-order valence-electron chi connectivity index (χ0n) is 16.9. The third-order valence-electron chi connectivity index (χ3n) is 5.54. The van der Waals surface area contributed by atoms with Crippen LogP contribution in [0.5, 0.6) is 0 Å². The Labute approximate surface area is 188 Å². The number of para-hydroxylation sites is 1. The van der Waals surface area contributed by atoms with Crippen LogP contribution in [0.2, 0.25) is 5.02 Å². The van der Waals surface area contributed by atoms with E-state index in [0.29, 0.717) is 21.9 Å². The van der Waals surface area contributed by atoms with Gasteiger partial charge in [-0.25, -0.2) is 0 Å². The number of furan rings is 1. The maximum atomic E-state index is 13.5. The molecule has 158 valence electrons. The van der Waals surface area contributed by atoms with Crippen molar-refractivity contribution in [2.75, 3.05) is 4.90 Å². The molecule has 3 heterocycles. The van der Waals surface area contributed by atoms with E-state index in [1.54, 1.807) is 60.9 Å². The molecule has 1 aliphatic heterocycles. The molecular formula is C25H17ClN2O4. The Balaban J connectivity index is 1.67. The number of nitrogens with zero attached hydrogens (tertiary/aromatic N) is 2. The second-order valence-electron chi connectivity index (χ2n) is 7.53. The third kappa shape index (κ3) is 3.16. The Kier molecular flexibility index (Phi) is 4.79. The molecule has 2 aromatic carbocycles. The molecule has 0 saturated heterocycles. The molecule has 1 N–H and O–H groups in total. The van der Waals surface area contributed by atoms with Crippen LogP contribution in [0.25, 0.3) is 11.0 Å². The van der Waals surface area contributed by atoms with Gasteiger partial charge in [-0.1, -0.05) is 29.8 Å². The molecule has 32 heavy (non-hydrogen) atoms. The van der Waals surface area contributed by atoms with E-state index in [1.807, 2.05) is 19.1 Å². The number of aliphatic hydroxyl groups excluding tert-OH is 1. The Morgan fingerprint density at radius 3 is 2.56 bits per heavy atom. The normalized spacial score (nSPS) is 16.2. The number of Topliss-reactive ketones (excluding diaryl/α,β-unsaturated/α-hetero) is 1. The van der Waals surface area contributed by atoms with Gasteiger partial charge in [-0.15, -0.1) is 0 Å². The molecule has 0 spiro atoms. The maximum absolute atomic E-state index is 13.5. The number of fused-ring (bicyclic) bond motifs is 1. The van der Waals surface area contributed by atoms with Crippen molar-refractivity contribution in [3.8, 4) is 0 Å². The summed E-state index contributed by atoms with van der Waals surface area (Å²) in [6, 6.07) is 16.5. The predicted octanol–water partition coefficient (Wildman–Crippen LogP) is 5.57. The minimum atomic E-state index is -0.855. The molecular weight excluding hydrogens is 428 g/mol. The number of hydrogen-bond donors (Lipinski definition) is 1. The molecule has 7 heteroatoms. The van der Waals surface area contributed by atoms with Gasteiger partial charge in [-0.2, -0.15) is 0 Å². The molecule has 4 aromatic rings. The van der Waals surface area contributed by atoms with Crippen LogP contribution in [0.4, 0.5) is 5.69 Å². The largest absolute Gasteiger partial charge is 0.503 e. The number of aliphatic hydroxyl groups is 1. The molecule has 1 amide bonds. The van der Waals surface area contributed by atoms with Gasteiger partial charge in [0.25, 0.3) is 5.91 Å². The van der Waals surface area contributed by atoms with Crippen molar-refractivity contribution in [3.05, 3.63) is 106 Å². The summed E-state index contributed by atoms with van der Waals surface area (Å²) in [5, 5.41) is 12.1. The summed E-state index contributed by atoms with van der Waals surface area (Å²) >= 11 is 6.10. The number of pyridine rings is 1. The standard InChI is InChI=1S/C25H17ClN2O4/c1-14-12-17(26)6-7-18(14)28-22(15-8-10-27-11-9-15)21(24(30)25(28)31)23(29)20-13-16-4-2-3-5-19(16)32-20/h2-13,22,30H,1H3. The Bertz CT molecular complexity index is 1380. The third-order valence-corrected chi connectivity index (χ3v) is 5.78. The highest BCUT2D eigenvalue weighted by molar-refractivity contribution is 6.30. The smallest absolute Gasteiger partial charge is 0.294 e. The van der Waals surface area contributed by atoms with Crippen LogP contribution in [-0.2, 0) is 4.79 Å². The van der Waals surface area contributed by atoms with Crippen LogP contribution in [0, 0.1) is 6.92 Å². The molecule has 0 bridgehead atoms. The van der Waals surface area contributed by atoms with Crippen LogP contribution in [0.15, 0.2) is 88.8 Å². The van der Waals surface area contributed by atoms with Gasteiger partial charge in [0, 0.05) is 28.5 Å². The monoisotopic (exact) mass is 444 g/mol. The Morgan fingerprint density at radius 1 is 1.09 bits per heavy atom. The number of aromatic nitrogens is 1. The van der Waals surface area contributed by atoms with Gasteiger partial charge >= 0.3 is 0 Å². The summed E-state index contributed by atoms with van der Waals surface area (Å²) in [5.41, 5.74) is 2.40. The van der Waals surface area contributed by atoms with Crippen LogP contribution < -0.4 is 4.90 Å². The first-order chi connectivity index (χ1) is 15.5. The van der Waals surface area contributed by atoms with E-state index < -0.39 is 23.5 Å². The van der Waals surface area contributed by atoms with Crippen molar-refractivity contribution >= 4 is 39.9 Å². The molecule has 0 aliphatic carbocycles. The fourth-order valence-corrected chi connectivity index (χ4v) is 4.29. The molecule has 1 aliphatic rings. The van der Waals surface area contributed by atoms with E-state index in [4.69, 9.17) is 16.0 Å². The van der Waals surface area contributed by atoms with Gasteiger partial charge in [0.05, 0.1) is 11.6 Å². The summed E-state index contributed by atoms with van der Waals surface area (Å²) < 4.78 is 5.74. The highest BCUT2D eigenvalue weighted by Crippen LogP contribution is 2.43. The van der Waals surface area contributed by atoms with E-state index in [9.17, 15) is 14.7 Å². The number of carbonyl (C=O) groups is 2. The number of amides is 1. The van der Waals surface area contributed by atoms with Crippen molar-refractivity contribution in [3.63, 3.8) is 0 Å². The SMILES string of the molecule is Cc1cc(Cl)ccc1N1C(=O)C(O)=C(C(=O)c2cc3ccccc3o2)C1c1ccncc1. The first kappa shape index (κ1) is 20.0. The van der Waals surface area contributed by atoms with E-state index in [1.165, 1.54) is 4.90 Å². The van der Waals surface area contributed by atoms with Crippen LogP contribution in [-0.4, -0.2) is 21.8 Å². The maximum Gasteiger partial charge on any atom is 0.294 e. The van der Waals surface area contributed by atoms with Crippen molar-refractivity contribution in [2.24, 2.45) is 0 Å². The van der Waals surface area contributed by atoms with Gasteiger partial charge in [0.2, 0.25) is 5.78 Å². The number of rotatable bonds is 4. The summed E-state index contributed by atoms with van der Waals surface area (Å²) in [6.07, 6.45) is 3.15. The second-order valence-corrected chi connectivity index (χ2v) is 7.97. The number of halogens is 1. The lowest BCUT2D eigenvalue weighted by Gasteiger charge is -2.28. The highest BCUT2D eigenvalue weighted by atomic mass is 35.5. The summed E-state index contributed by atoms with van der Waals surface area (Å²) in [5.74, 6) is -1.78. The molecule has 6 nitrogen and oxygen atoms in total. The summed E-state index contributed by atoms with van der Waals surface area (Å²) in [4.78, 5) is 32.2. The van der Waals surface area contributed by atoms with Gasteiger partial charge in [0.15, 0.2) is 11.5 Å². The van der Waals surface area contributed by atoms with E-state index in [-0.39, 0.29) is 11.3 Å². The number of hydrogen-bond acceptors (Lipinski definition) is 5. The Morgan fingerprint density at radius 2 is 1.84 bits per heavy atom. The molecule has 1 unspecified atom stereocenters. The lowest BCUT2D eigenvalue weighted by atomic mass is 9.95. The van der Waals surface area contributed by atoms with E-state index in [0.717, 1.165) is 10.9 Å². The first-order valence-corrected chi connectivity index (χ1v) is 10.3. The van der Waals surface area contributed by atoms with Crippen molar-refractivity contribution < 1.29 is 19.1 Å². The molecule has 1 atom stereocenters. The second kappa shape index (κ2) is 7.66. The van der Waals surface area contributed by atoms with Crippen molar-refractivity contribution in [2.45, 2.75) is 13.0 Å². The number of aryl methyl sites for hydroxylation is 1. The predicted molar refractivity (Wildman–Crippen MR) is 121 cm³/mol. The van der Waals surface area contributed by atoms with Crippen molar-refractivity contribution in [1.29, 1.82) is 0 Å². The minimum absolute atomic E-state index is 0.0467. The van der Waals surface area contributed by atoms with Crippen LogP contribution in [0.3, 0.4) is 0 Å². The zero-order valence-corrected chi connectivity index (χ0v) is 17.7. The fourth-order valence-electron chi connectivity index (χ4n) is 4.06. The number of benzene rings is 2. The molecule has 0 radical (unpaired) electrons. The van der Waals surface area contributed by atoms with Crippen LogP contribution in [0.1, 0.15) is 27.7 Å².